The Hall–Kier alpha value is -0.210. The molecule has 2 heterocycles. The zero-order valence-corrected chi connectivity index (χ0v) is 14.9. The zero-order valence-electron chi connectivity index (χ0n) is 13.2. The highest BCUT2D eigenvalue weighted by Gasteiger charge is 2.19. The van der Waals surface area contributed by atoms with Crippen LogP contribution in [0, 0.1) is 0 Å². The minimum atomic E-state index is 0.0441. The van der Waals surface area contributed by atoms with Gasteiger partial charge in [-0.15, -0.1) is 11.3 Å². The molecule has 0 bridgehead atoms. The van der Waals surface area contributed by atoms with E-state index in [1.807, 2.05) is 11.3 Å². The molecule has 0 saturated carbocycles. The largest absolute Gasteiger partial charge is 0.205 e. The second-order valence-corrected chi connectivity index (χ2v) is 8.90. The molecule has 0 saturated heterocycles. The van der Waals surface area contributed by atoms with E-state index in [1.165, 1.54) is 63.5 Å². The van der Waals surface area contributed by atoms with Crippen LogP contribution in [0.4, 0.5) is 0 Å². The molecule has 0 N–H and O–H groups in total. The molecule has 0 spiro atoms. The van der Waals surface area contributed by atoms with Gasteiger partial charge in [0.1, 0.15) is 0 Å². The van der Waals surface area contributed by atoms with Crippen molar-refractivity contribution in [3.05, 3.63) is 21.2 Å². The minimum absolute atomic E-state index is 0.0441. The van der Waals surface area contributed by atoms with Crippen molar-refractivity contribution in [3.8, 4) is 0 Å². The molecule has 1 aromatic heterocycles. The van der Waals surface area contributed by atoms with Crippen LogP contribution in [0.15, 0.2) is 15.7 Å². The molecule has 0 radical (unpaired) electrons. The van der Waals surface area contributed by atoms with Crippen LogP contribution in [-0.2, 0) is 6.42 Å². The van der Waals surface area contributed by atoms with E-state index in [2.05, 4.69) is 30.7 Å². The van der Waals surface area contributed by atoms with E-state index in [4.69, 9.17) is 0 Å². The van der Waals surface area contributed by atoms with Gasteiger partial charge in [0.15, 0.2) is 0 Å². The summed E-state index contributed by atoms with van der Waals surface area (Å²) < 4.78 is 0. The van der Waals surface area contributed by atoms with Crippen molar-refractivity contribution in [2.24, 2.45) is 0 Å². The van der Waals surface area contributed by atoms with Crippen LogP contribution >= 0.6 is 22.2 Å². The van der Waals surface area contributed by atoms with Gasteiger partial charge in [-0.25, -0.2) is 10.9 Å². The van der Waals surface area contributed by atoms with E-state index in [9.17, 15) is 0 Å². The van der Waals surface area contributed by atoms with Gasteiger partial charge in [0.2, 0.25) is 0 Å². The lowest BCUT2D eigenvalue weighted by molar-refractivity contribution is 0.664. The van der Waals surface area contributed by atoms with Gasteiger partial charge in [-0.1, -0.05) is 52.4 Å². The van der Waals surface area contributed by atoms with Gasteiger partial charge >= 0.3 is 0 Å². The summed E-state index contributed by atoms with van der Waals surface area (Å²) in [7, 11) is 0.0441. The Morgan fingerprint density at radius 3 is 2.45 bits per heavy atom. The third kappa shape index (κ3) is 4.39. The highest BCUT2D eigenvalue weighted by atomic mass is 32.2. The van der Waals surface area contributed by atoms with Gasteiger partial charge in [0.05, 0.1) is 0 Å². The summed E-state index contributed by atoms with van der Waals surface area (Å²) in [5.41, 5.74) is 1.69. The summed E-state index contributed by atoms with van der Waals surface area (Å²) >= 11 is 1.98. The van der Waals surface area contributed by atoms with E-state index in [1.54, 1.807) is 15.3 Å². The summed E-state index contributed by atoms with van der Waals surface area (Å²) in [6.45, 7) is 4.59. The second kappa shape index (κ2) is 8.94. The van der Waals surface area contributed by atoms with Gasteiger partial charge in [-0.2, -0.15) is 0 Å². The Morgan fingerprint density at radius 1 is 0.950 bits per heavy atom. The van der Waals surface area contributed by atoms with E-state index >= 15 is 0 Å². The molecule has 1 aromatic rings. The Bertz CT molecular complexity index is 417. The second-order valence-electron chi connectivity index (χ2n) is 5.85. The van der Waals surface area contributed by atoms with E-state index < -0.39 is 0 Å². The van der Waals surface area contributed by atoms with Crippen molar-refractivity contribution < 1.29 is 0 Å². The van der Waals surface area contributed by atoms with Crippen LogP contribution in [0.25, 0.3) is 6.08 Å². The molecule has 0 fully saturated rings. The number of hydrogen-bond donors (Lipinski definition) is 1. The predicted octanol–water partition coefficient (Wildman–Crippen LogP) is 6.80. The number of fused-ring (bicyclic) bond motifs is 1. The first-order valence-corrected chi connectivity index (χ1v) is 10.9. The van der Waals surface area contributed by atoms with Gasteiger partial charge in [-0.05, 0) is 47.4 Å². The van der Waals surface area contributed by atoms with Gasteiger partial charge in [-0.3, -0.25) is 0 Å². The molecule has 0 aliphatic carbocycles. The van der Waals surface area contributed by atoms with Crippen LogP contribution < -0.4 is 0 Å². The first-order valence-electron chi connectivity index (χ1n) is 8.42. The van der Waals surface area contributed by atoms with Crippen molar-refractivity contribution >= 4 is 28.3 Å². The first kappa shape index (κ1) is 16.2. The van der Waals surface area contributed by atoms with Crippen molar-refractivity contribution in [2.75, 3.05) is 5.75 Å². The lowest BCUT2D eigenvalue weighted by Gasteiger charge is -2.16. The average Bonchev–Trinajstić information content (AvgIpc) is 3.03. The standard InChI is InChI=1S/C18H30S2/c1-3-5-7-9-11-16-15-19-17-12-14-20(18(16)17)13-10-8-6-4-2/h12,14-15,20H,3-11,13H2,1-2H3. The van der Waals surface area contributed by atoms with E-state index in [0.717, 1.165) is 0 Å². The molecule has 2 heteroatoms. The lowest BCUT2D eigenvalue weighted by Crippen LogP contribution is -1.91. The normalized spacial score (nSPS) is 18.6. The molecule has 0 nitrogen and oxygen atoms in total. The average molecular weight is 311 g/mol. The summed E-state index contributed by atoms with van der Waals surface area (Å²) in [5.74, 6) is 1.43. The Labute approximate surface area is 132 Å². The van der Waals surface area contributed by atoms with Gasteiger partial charge < -0.3 is 0 Å². The Kier molecular flexibility index (Phi) is 7.23. The fourth-order valence-electron chi connectivity index (χ4n) is 2.90. The molecule has 1 unspecified atom stereocenters. The first-order chi connectivity index (χ1) is 9.86. The number of thiol groups is 1. The van der Waals surface area contributed by atoms with Crippen LogP contribution in [0.5, 0.6) is 0 Å². The maximum Gasteiger partial charge on any atom is 0.0399 e. The summed E-state index contributed by atoms with van der Waals surface area (Å²) in [6.07, 6.45) is 14.9. The summed E-state index contributed by atoms with van der Waals surface area (Å²) in [4.78, 5) is 3.34. The molecular weight excluding hydrogens is 280 g/mol. The van der Waals surface area contributed by atoms with Crippen LogP contribution in [0.3, 0.4) is 0 Å². The third-order valence-corrected chi connectivity index (χ3v) is 7.67. The maximum absolute atomic E-state index is 2.53. The number of aryl methyl sites for hydroxylation is 1. The molecule has 0 amide bonds. The van der Waals surface area contributed by atoms with Crippen LogP contribution in [-0.4, -0.2) is 5.75 Å². The summed E-state index contributed by atoms with van der Waals surface area (Å²) in [5, 5.41) is 4.97. The number of rotatable bonds is 10. The molecule has 114 valence electrons. The fourth-order valence-corrected chi connectivity index (χ4v) is 6.81. The van der Waals surface area contributed by atoms with Crippen molar-refractivity contribution in [1.82, 2.24) is 0 Å². The minimum Gasteiger partial charge on any atom is -0.205 e. The number of unbranched alkanes of at least 4 members (excludes halogenated alkanes) is 6. The topological polar surface area (TPSA) is 0 Å². The monoisotopic (exact) mass is 310 g/mol. The van der Waals surface area contributed by atoms with E-state index in [-0.39, 0.29) is 10.9 Å². The van der Waals surface area contributed by atoms with E-state index in [0.29, 0.717) is 0 Å². The molecule has 1 aliphatic heterocycles. The highest BCUT2D eigenvalue weighted by molar-refractivity contribution is 8.20. The van der Waals surface area contributed by atoms with Crippen molar-refractivity contribution in [1.29, 1.82) is 0 Å². The Balaban J connectivity index is 1.85. The lowest BCUT2D eigenvalue weighted by atomic mass is 10.1. The molecular formula is C18H30S2. The van der Waals surface area contributed by atoms with Gasteiger partial charge in [0, 0.05) is 9.77 Å². The molecule has 2 rings (SSSR count). The smallest absolute Gasteiger partial charge is 0.0399 e. The number of thiophene rings is 1. The highest BCUT2D eigenvalue weighted by Crippen LogP contribution is 2.51. The zero-order chi connectivity index (χ0) is 14.2. The quantitative estimate of drug-likeness (QED) is 0.357. The van der Waals surface area contributed by atoms with Crippen molar-refractivity contribution in [3.63, 3.8) is 0 Å². The maximum atomic E-state index is 2.53. The van der Waals surface area contributed by atoms with Crippen LogP contribution in [0.1, 0.15) is 75.7 Å². The van der Waals surface area contributed by atoms with Crippen LogP contribution in [0.2, 0.25) is 0 Å². The molecule has 1 aliphatic rings. The fraction of sp³-hybridized carbons (Fsp3) is 0.667. The van der Waals surface area contributed by atoms with Gasteiger partial charge in [0.25, 0.3) is 0 Å². The SMILES string of the molecule is CCCCCCc1csc2c1[SH](CCCCCC)C=C2. The molecule has 20 heavy (non-hydrogen) atoms. The molecule has 1 atom stereocenters. The molecule has 0 aromatic carbocycles. The Morgan fingerprint density at radius 2 is 1.70 bits per heavy atom. The summed E-state index contributed by atoms with van der Waals surface area (Å²) in [6, 6.07) is 0. The van der Waals surface area contributed by atoms with Crippen molar-refractivity contribution in [2.45, 2.75) is 76.5 Å². The predicted molar refractivity (Wildman–Crippen MR) is 97.5 cm³/mol. The number of hydrogen-bond acceptors (Lipinski definition) is 1. The third-order valence-electron chi connectivity index (χ3n) is 4.11.